The van der Waals surface area contributed by atoms with Crippen LogP contribution >= 0.6 is 39.8 Å². The number of piperidine rings is 1. The molecule has 0 aliphatic carbocycles. The van der Waals surface area contributed by atoms with Crippen LogP contribution in [0.3, 0.4) is 0 Å². The summed E-state index contributed by atoms with van der Waals surface area (Å²) in [7, 11) is 0. The van der Waals surface area contributed by atoms with Gasteiger partial charge in [-0.3, -0.25) is 0 Å². The monoisotopic (exact) mass is 591 g/mol. The molecule has 172 valence electrons. The van der Waals surface area contributed by atoms with Crippen molar-refractivity contribution in [3.8, 4) is 22.4 Å². The lowest BCUT2D eigenvalue weighted by Gasteiger charge is -2.46. The summed E-state index contributed by atoms with van der Waals surface area (Å²) < 4.78 is 3.07. The van der Waals surface area contributed by atoms with Gasteiger partial charge in [-0.15, -0.1) is 21.5 Å². The van der Waals surface area contributed by atoms with Crippen LogP contribution in [0, 0.1) is 0 Å². The lowest BCUT2D eigenvalue weighted by Crippen LogP contribution is -2.60. The van der Waals surface area contributed by atoms with E-state index in [4.69, 9.17) is 0 Å². The predicted octanol–water partition coefficient (Wildman–Crippen LogP) is 6.13. The molecule has 10 heteroatoms. The van der Waals surface area contributed by atoms with E-state index in [1.165, 1.54) is 0 Å². The average molecular weight is 591 g/mol. The molecule has 1 saturated heterocycles. The molecule has 1 aliphatic heterocycles. The molecule has 4 heterocycles. The maximum Gasteiger partial charge on any atom is 0.148 e. The Morgan fingerprint density at radius 2 is 1.85 bits per heavy atom. The highest BCUT2D eigenvalue weighted by Crippen LogP contribution is 2.37. The highest BCUT2D eigenvalue weighted by molar-refractivity contribution is 14.2. The molecule has 5 rings (SSSR count). The standard InChI is InChI=1S/C23H27IN7PS/c1-22(2)9-15(10-23(3,4)30-22)27-19-8-7-18(28-29-19)17-6-5-16(20-21(17)33-13-25-20)14-11-26-31(12-14)32-24/h5-8,11-13,15,30,32H,9-10H2,1-4H3,(H,27,29). The minimum absolute atomic E-state index is 0.0833. The van der Waals surface area contributed by atoms with Crippen molar-refractivity contribution >= 4 is 55.8 Å². The summed E-state index contributed by atoms with van der Waals surface area (Å²) in [5.41, 5.74) is 7.14. The first kappa shape index (κ1) is 23.1. The zero-order valence-electron chi connectivity index (χ0n) is 19.1. The van der Waals surface area contributed by atoms with Crippen LogP contribution in [-0.4, -0.2) is 41.9 Å². The third-order valence-corrected chi connectivity index (χ3v) is 8.71. The smallest absolute Gasteiger partial charge is 0.148 e. The summed E-state index contributed by atoms with van der Waals surface area (Å²) in [6, 6.07) is 8.68. The summed E-state index contributed by atoms with van der Waals surface area (Å²) in [6.45, 7) is 9.03. The maximum atomic E-state index is 4.65. The Kier molecular flexibility index (Phi) is 6.18. The van der Waals surface area contributed by atoms with Crippen LogP contribution in [0.4, 0.5) is 5.82 Å². The molecular formula is C23H27IN7PS. The fourth-order valence-corrected chi connectivity index (χ4v) is 7.00. The van der Waals surface area contributed by atoms with Gasteiger partial charge in [0.05, 0.1) is 34.0 Å². The average Bonchev–Trinajstić information content (AvgIpc) is 3.41. The Morgan fingerprint density at radius 3 is 2.52 bits per heavy atom. The van der Waals surface area contributed by atoms with Gasteiger partial charge in [0.2, 0.25) is 0 Å². The van der Waals surface area contributed by atoms with Crippen molar-refractivity contribution in [3.63, 3.8) is 0 Å². The van der Waals surface area contributed by atoms with Crippen molar-refractivity contribution < 1.29 is 0 Å². The van der Waals surface area contributed by atoms with Crippen molar-refractivity contribution in [2.24, 2.45) is 0 Å². The molecule has 33 heavy (non-hydrogen) atoms. The molecule has 1 atom stereocenters. The summed E-state index contributed by atoms with van der Waals surface area (Å²) in [5, 5.41) is 20.9. The zero-order valence-corrected chi connectivity index (χ0v) is 23.0. The SMILES string of the molecule is CC1(C)CC(Nc2ccc(-c3ccc(-c4cnn(PI)c4)c4ncsc34)nn2)CC(C)(C)N1. The molecular weight excluding hydrogens is 564 g/mol. The highest BCUT2D eigenvalue weighted by Gasteiger charge is 2.37. The van der Waals surface area contributed by atoms with Crippen molar-refractivity contribution in [1.82, 2.24) is 30.0 Å². The first-order valence-electron chi connectivity index (χ1n) is 10.9. The first-order chi connectivity index (χ1) is 15.7. The van der Waals surface area contributed by atoms with Crippen molar-refractivity contribution in [3.05, 3.63) is 42.2 Å². The number of thiazole rings is 1. The molecule has 1 aromatic carbocycles. The van der Waals surface area contributed by atoms with Crippen LogP contribution < -0.4 is 10.6 Å². The fraction of sp³-hybridized carbons (Fsp3) is 0.391. The molecule has 0 bridgehead atoms. The van der Waals surface area contributed by atoms with E-state index >= 15 is 0 Å². The van der Waals surface area contributed by atoms with E-state index in [0.29, 0.717) is 12.4 Å². The van der Waals surface area contributed by atoms with Crippen molar-refractivity contribution in [1.29, 1.82) is 0 Å². The number of fused-ring (bicyclic) bond motifs is 1. The van der Waals surface area contributed by atoms with Gasteiger partial charge in [-0.2, -0.15) is 5.10 Å². The summed E-state index contributed by atoms with van der Waals surface area (Å²) in [6.07, 6.45) is 6.63. The predicted molar refractivity (Wildman–Crippen MR) is 148 cm³/mol. The van der Waals surface area contributed by atoms with Gasteiger partial charge in [-0.05, 0) is 74.7 Å². The van der Waals surface area contributed by atoms with E-state index in [-0.39, 0.29) is 11.1 Å². The largest absolute Gasteiger partial charge is 0.366 e. The Morgan fingerprint density at radius 1 is 1.09 bits per heavy atom. The van der Waals surface area contributed by atoms with Gasteiger partial charge >= 0.3 is 0 Å². The lowest BCUT2D eigenvalue weighted by atomic mass is 9.79. The van der Waals surface area contributed by atoms with Gasteiger partial charge < -0.3 is 10.6 Å². The highest BCUT2D eigenvalue weighted by atomic mass is 127. The van der Waals surface area contributed by atoms with Crippen molar-refractivity contribution in [2.45, 2.75) is 57.7 Å². The van der Waals surface area contributed by atoms with E-state index in [1.807, 2.05) is 22.2 Å². The molecule has 0 radical (unpaired) electrons. The van der Waals surface area contributed by atoms with E-state index in [9.17, 15) is 0 Å². The Labute approximate surface area is 212 Å². The quantitative estimate of drug-likeness (QED) is 0.215. The molecule has 4 aromatic rings. The van der Waals surface area contributed by atoms with Gasteiger partial charge in [-0.1, -0.05) is 12.1 Å². The number of hydrogen-bond donors (Lipinski definition) is 2. The van der Waals surface area contributed by atoms with E-state index in [0.717, 1.165) is 51.3 Å². The molecule has 0 amide bonds. The second-order valence-corrected chi connectivity index (χ2v) is 12.8. The molecule has 0 saturated carbocycles. The second-order valence-electron chi connectivity index (χ2n) is 9.89. The van der Waals surface area contributed by atoms with Crippen LogP contribution in [0.5, 0.6) is 0 Å². The maximum absolute atomic E-state index is 4.65. The topological polar surface area (TPSA) is 80.6 Å². The van der Waals surface area contributed by atoms with Gasteiger partial charge in [0.25, 0.3) is 0 Å². The summed E-state index contributed by atoms with van der Waals surface area (Å²) in [5.74, 6) is 0.821. The Hall–Kier alpha value is -1.68. The third-order valence-electron chi connectivity index (χ3n) is 5.95. The van der Waals surface area contributed by atoms with E-state index in [1.54, 1.807) is 11.3 Å². The fourth-order valence-electron chi connectivity index (χ4n) is 5.08. The van der Waals surface area contributed by atoms with Crippen LogP contribution in [0.2, 0.25) is 0 Å². The minimum Gasteiger partial charge on any atom is -0.366 e. The normalized spacial score (nSPS) is 18.3. The Balaban J connectivity index is 1.40. The van der Waals surface area contributed by atoms with Gasteiger partial charge in [0.15, 0.2) is 0 Å². The first-order valence-corrected chi connectivity index (χ1v) is 15.8. The molecule has 0 spiro atoms. The molecule has 2 N–H and O–H groups in total. The third kappa shape index (κ3) is 4.92. The number of halogens is 1. The Bertz CT molecular complexity index is 1270. The molecule has 3 aromatic heterocycles. The van der Waals surface area contributed by atoms with Crippen LogP contribution in [0.1, 0.15) is 40.5 Å². The van der Waals surface area contributed by atoms with Crippen LogP contribution in [0.25, 0.3) is 32.6 Å². The number of hydrogen-bond acceptors (Lipinski definition) is 7. The van der Waals surface area contributed by atoms with E-state index < -0.39 is 0 Å². The van der Waals surface area contributed by atoms with Crippen LogP contribution in [-0.2, 0) is 0 Å². The minimum atomic E-state index is 0.0833. The number of anilines is 1. The lowest BCUT2D eigenvalue weighted by molar-refractivity contribution is 0.170. The second kappa shape index (κ2) is 8.83. The van der Waals surface area contributed by atoms with E-state index in [2.05, 4.69) is 105 Å². The molecule has 1 unspecified atom stereocenters. The van der Waals surface area contributed by atoms with Gasteiger partial charge in [-0.25, -0.2) is 9.44 Å². The molecule has 1 aliphatic rings. The number of benzene rings is 1. The molecule has 1 fully saturated rings. The van der Waals surface area contributed by atoms with Crippen LogP contribution in [0.15, 0.2) is 42.2 Å². The van der Waals surface area contributed by atoms with Crippen molar-refractivity contribution in [2.75, 3.05) is 5.32 Å². The number of rotatable bonds is 5. The number of aromatic nitrogens is 5. The summed E-state index contributed by atoms with van der Waals surface area (Å²) in [4.78, 5) is 4.65. The summed E-state index contributed by atoms with van der Waals surface area (Å²) >= 11 is 3.96. The van der Waals surface area contributed by atoms with Gasteiger partial charge in [0, 0.05) is 40.0 Å². The number of nitrogens with zero attached hydrogens (tertiary/aromatic N) is 5. The van der Waals surface area contributed by atoms with Gasteiger partial charge in [0.1, 0.15) is 5.82 Å². The number of nitrogens with one attached hydrogen (secondary N) is 2. The zero-order chi connectivity index (χ0) is 23.2. The molecule has 7 nitrogen and oxygen atoms in total.